The van der Waals surface area contributed by atoms with Gasteiger partial charge in [0.1, 0.15) is 5.82 Å². The molecular weight excluding hydrogens is 316 g/mol. The third kappa shape index (κ3) is 3.20. The molecule has 1 aromatic carbocycles. The largest absolute Gasteiger partial charge is 0.345 e. The van der Waals surface area contributed by atoms with Crippen LogP contribution in [0.1, 0.15) is 43.5 Å². The van der Waals surface area contributed by atoms with E-state index in [1.54, 1.807) is 18.5 Å². The van der Waals surface area contributed by atoms with Crippen LogP contribution >= 0.6 is 0 Å². The highest BCUT2D eigenvalue weighted by Gasteiger charge is 2.26. The standard InChI is InChI=1S/C19H20N4O2/c24-18(12-4-2-1-3-5-12)22-13-6-7-16-14(10-13)15(19(25)23-16)11-17-20-8-9-21-17/h6-12H,1-5H2,(H,20,21)(H,22,24)(H,23,25)/b15-11-. The number of aromatic nitrogens is 2. The number of imidazole rings is 1. The molecule has 2 aromatic rings. The van der Waals surface area contributed by atoms with Gasteiger partial charge in [-0.15, -0.1) is 0 Å². The maximum atomic E-state index is 12.4. The van der Waals surface area contributed by atoms with Crippen molar-refractivity contribution in [2.24, 2.45) is 5.92 Å². The maximum absolute atomic E-state index is 12.4. The van der Waals surface area contributed by atoms with E-state index in [9.17, 15) is 9.59 Å². The predicted octanol–water partition coefficient (Wildman–Crippen LogP) is 3.42. The van der Waals surface area contributed by atoms with Gasteiger partial charge in [0.2, 0.25) is 5.91 Å². The van der Waals surface area contributed by atoms with E-state index in [1.165, 1.54) is 6.42 Å². The average Bonchev–Trinajstić information content (AvgIpc) is 3.25. The van der Waals surface area contributed by atoms with Crippen LogP contribution in [0.25, 0.3) is 11.6 Å². The molecule has 1 fully saturated rings. The predicted molar refractivity (Wildman–Crippen MR) is 96.7 cm³/mol. The summed E-state index contributed by atoms with van der Waals surface area (Å²) in [5, 5.41) is 5.85. The number of aromatic amines is 1. The van der Waals surface area contributed by atoms with Gasteiger partial charge in [0, 0.05) is 35.2 Å². The first-order chi connectivity index (χ1) is 12.2. The van der Waals surface area contributed by atoms with Gasteiger partial charge >= 0.3 is 0 Å². The van der Waals surface area contributed by atoms with E-state index >= 15 is 0 Å². The molecule has 4 rings (SSSR count). The number of nitrogens with zero attached hydrogens (tertiary/aromatic N) is 1. The Hall–Kier alpha value is -2.89. The molecule has 25 heavy (non-hydrogen) atoms. The zero-order valence-corrected chi connectivity index (χ0v) is 13.8. The summed E-state index contributed by atoms with van der Waals surface area (Å²) in [6.45, 7) is 0. The molecular formula is C19H20N4O2. The van der Waals surface area contributed by atoms with Crippen LogP contribution in [0.2, 0.25) is 0 Å². The number of rotatable bonds is 3. The molecule has 1 aliphatic carbocycles. The van der Waals surface area contributed by atoms with Crippen LogP contribution in [-0.2, 0) is 9.59 Å². The first-order valence-corrected chi connectivity index (χ1v) is 8.68. The summed E-state index contributed by atoms with van der Waals surface area (Å²) in [6, 6.07) is 5.51. The smallest absolute Gasteiger partial charge is 0.256 e. The lowest BCUT2D eigenvalue weighted by molar-refractivity contribution is -0.120. The number of carbonyl (C=O) groups excluding carboxylic acids is 2. The average molecular weight is 336 g/mol. The Morgan fingerprint density at radius 1 is 1.24 bits per heavy atom. The minimum absolute atomic E-state index is 0.0773. The van der Waals surface area contributed by atoms with Gasteiger partial charge in [-0.05, 0) is 37.1 Å². The fourth-order valence-corrected chi connectivity index (χ4v) is 3.51. The van der Waals surface area contributed by atoms with Crippen molar-refractivity contribution in [3.05, 3.63) is 42.0 Å². The maximum Gasteiger partial charge on any atom is 0.256 e. The molecule has 0 unspecified atom stereocenters. The molecule has 1 aromatic heterocycles. The minimum atomic E-state index is -0.165. The van der Waals surface area contributed by atoms with Crippen LogP contribution in [0, 0.1) is 5.92 Å². The molecule has 1 saturated carbocycles. The second kappa shape index (κ2) is 6.55. The summed E-state index contributed by atoms with van der Waals surface area (Å²) >= 11 is 0. The molecule has 2 heterocycles. The summed E-state index contributed by atoms with van der Waals surface area (Å²) < 4.78 is 0. The topological polar surface area (TPSA) is 86.9 Å². The molecule has 6 heteroatoms. The van der Waals surface area contributed by atoms with Crippen LogP contribution in [0.15, 0.2) is 30.6 Å². The highest BCUT2D eigenvalue weighted by atomic mass is 16.2. The van der Waals surface area contributed by atoms with Crippen molar-refractivity contribution in [3.8, 4) is 0 Å². The number of H-pyrrole nitrogens is 1. The fraction of sp³-hybridized carbons (Fsp3) is 0.316. The molecule has 0 spiro atoms. The summed E-state index contributed by atoms with van der Waals surface area (Å²) in [6.07, 6.45) is 10.4. The van der Waals surface area contributed by atoms with E-state index in [2.05, 4.69) is 20.6 Å². The van der Waals surface area contributed by atoms with E-state index in [-0.39, 0.29) is 17.7 Å². The molecule has 2 amide bonds. The number of hydrogen-bond acceptors (Lipinski definition) is 3. The van der Waals surface area contributed by atoms with Crippen LogP contribution < -0.4 is 10.6 Å². The highest BCUT2D eigenvalue weighted by Crippen LogP contribution is 2.35. The number of hydrogen-bond donors (Lipinski definition) is 3. The first-order valence-electron chi connectivity index (χ1n) is 8.68. The van der Waals surface area contributed by atoms with E-state index in [1.807, 2.05) is 18.2 Å². The number of amides is 2. The second-order valence-electron chi connectivity index (χ2n) is 6.57. The van der Waals surface area contributed by atoms with Gasteiger partial charge in [0.25, 0.3) is 5.91 Å². The summed E-state index contributed by atoms with van der Waals surface area (Å²) in [4.78, 5) is 31.8. The number of anilines is 2. The Balaban J connectivity index is 1.58. The molecule has 2 aliphatic rings. The zero-order chi connectivity index (χ0) is 17.2. The molecule has 0 saturated heterocycles. The molecule has 3 N–H and O–H groups in total. The van der Waals surface area contributed by atoms with Gasteiger partial charge in [0.15, 0.2) is 0 Å². The lowest BCUT2D eigenvalue weighted by Gasteiger charge is -2.20. The second-order valence-corrected chi connectivity index (χ2v) is 6.57. The van der Waals surface area contributed by atoms with Crippen LogP contribution in [0.4, 0.5) is 11.4 Å². The van der Waals surface area contributed by atoms with Gasteiger partial charge in [-0.1, -0.05) is 19.3 Å². The lowest BCUT2D eigenvalue weighted by Crippen LogP contribution is -2.24. The number of benzene rings is 1. The van der Waals surface area contributed by atoms with Crippen molar-refractivity contribution >= 4 is 34.8 Å². The van der Waals surface area contributed by atoms with Crippen molar-refractivity contribution in [1.82, 2.24) is 9.97 Å². The van der Waals surface area contributed by atoms with E-state index in [0.717, 1.165) is 42.6 Å². The SMILES string of the molecule is O=C1Nc2ccc(NC(=O)C3CCCCC3)cc2/C1=C/c1ncc[nH]1. The van der Waals surface area contributed by atoms with E-state index in [0.29, 0.717) is 11.4 Å². The lowest BCUT2D eigenvalue weighted by atomic mass is 9.88. The number of carbonyl (C=O) groups is 2. The Labute approximate surface area is 145 Å². The van der Waals surface area contributed by atoms with Gasteiger partial charge in [-0.25, -0.2) is 4.98 Å². The van der Waals surface area contributed by atoms with Crippen molar-refractivity contribution in [1.29, 1.82) is 0 Å². The Morgan fingerprint density at radius 3 is 2.84 bits per heavy atom. The molecule has 0 bridgehead atoms. The number of nitrogens with one attached hydrogen (secondary N) is 3. The normalized spacial score (nSPS) is 18.9. The third-order valence-corrected chi connectivity index (χ3v) is 4.85. The van der Waals surface area contributed by atoms with Crippen molar-refractivity contribution in [2.45, 2.75) is 32.1 Å². The first kappa shape index (κ1) is 15.6. The Bertz CT molecular complexity index is 833. The summed E-state index contributed by atoms with van der Waals surface area (Å²) in [5.41, 5.74) is 2.79. The fourth-order valence-electron chi connectivity index (χ4n) is 3.51. The van der Waals surface area contributed by atoms with Crippen LogP contribution in [0.5, 0.6) is 0 Å². The minimum Gasteiger partial charge on any atom is -0.345 e. The number of fused-ring (bicyclic) bond motifs is 1. The highest BCUT2D eigenvalue weighted by molar-refractivity contribution is 6.35. The third-order valence-electron chi connectivity index (χ3n) is 4.85. The Kier molecular flexibility index (Phi) is 4.09. The summed E-state index contributed by atoms with van der Waals surface area (Å²) in [7, 11) is 0. The molecule has 0 radical (unpaired) electrons. The zero-order valence-electron chi connectivity index (χ0n) is 13.8. The van der Waals surface area contributed by atoms with Gasteiger partial charge in [-0.2, -0.15) is 0 Å². The van der Waals surface area contributed by atoms with E-state index < -0.39 is 0 Å². The van der Waals surface area contributed by atoms with Gasteiger partial charge < -0.3 is 15.6 Å². The quantitative estimate of drug-likeness (QED) is 0.751. The van der Waals surface area contributed by atoms with Crippen molar-refractivity contribution < 1.29 is 9.59 Å². The van der Waals surface area contributed by atoms with Crippen LogP contribution in [-0.4, -0.2) is 21.8 Å². The van der Waals surface area contributed by atoms with Gasteiger partial charge in [0.05, 0.1) is 5.57 Å². The van der Waals surface area contributed by atoms with E-state index in [4.69, 9.17) is 0 Å². The molecule has 0 atom stereocenters. The van der Waals surface area contributed by atoms with Crippen LogP contribution in [0.3, 0.4) is 0 Å². The Morgan fingerprint density at radius 2 is 2.08 bits per heavy atom. The van der Waals surface area contributed by atoms with Gasteiger partial charge in [-0.3, -0.25) is 9.59 Å². The molecule has 1 aliphatic heterocycles. The summed E-state index contributed by atoms with van der Waals surface area (Å²) in [5.74, 6) is 0.630. The van der Waals surface area contributed by atoms with Crippen molar-refractivity contribution in [3.63, 3.8) is 0 Å². The molecule has 6 nitrogen and oxygen atoms in total. The molecule has 128 valence electrons. The van der Waals surface area contributed by atoms with Crippen molar-refractivity contribution in [2.75, 3.05) is 10.6 Å². The monoisotopic (exact) mass is 336 g/mol.